The van der Waals surface area contributed by atoms with Gasteiger partial charge in [0.25, 0.3) is 0 Å². The fourth-order valence-electron chi connectivity index (χ4n) is 4.11. The van der Waals surface area contributed by atoms with Crippen LogP contribution in [-0.2, 0) is 0 Å². The van der Waals surface area contributed by atoms with Crippen LogP contribution in [0.2, 0.25) is 0 Å². The van der Waals surface area contributed by atoms with Crippen molar-refractivity contribution in [3.05, 3.63) is 11.6 Å². The molecule has 0 aromatic heterocycles. The second-order valence-corrected chi connectivity index (χ2v) is 6.08. The first kappa shape index (κ1) is 11.7. The van der Waals surface area contributed by atoms with Crippen LogP contribution in [0.5, 0.6) is 0 Å². The number of rotatable bonds is 4. The van der Waals surface area contributed by atoms with E-state index in [2.05, 4.69) is 23.3 Å². The van der Waals surface area contributed by atoms with E-state index < -0.39 is 0 Å². The summed E-state index contributed by atoms with van der Waals surface area (Å²) in [5, 5.41) is 3.48. The lowest BCUT2D eigenvalue weighted by molar-refractivity contribution is 0.121. The van der Waals surface area contributed by atoms with Crippen molar-refractivity contribution in [1.82, 2.24) is 10.2 Å². The molecule has 96 valence electrons. The van der Waals surface area contributed by atoms with Crippen LogP contribution in [0.4, 0.5) is 0 Å². The number of hydrogen-bond donors (Lipinski definition) is 1. The number of allylic oxidation sites excluding steroid dienone is 1. The first-order chi connectivity index (χ1) is 8.36. The van der Waals surface area contributed by atoms with Crippen LogP contribution in [0.25, 0.3) is 0 Å². The minimum absolute atomic E-state index is 0.787. The van der Waals surface area contributed by atoms with Crippen LogP contribution < -0.4 is 5.32 Å². The van der Waals surface area contributed by atoms with Crippen LogP contribution in [0.3, 0.4) is 0 Å². The normalized spacial score (nSPS) is 37.5. The Kier molecular flexibility index (Phi) is 3.53. The van der Waals surface area contributed by atoms with Crippen molar-refractivity contribution in [2.24, 2.45) is 0 Å². The molecule has 2 nitrogen and oxygen atoms in total. The van der Waals surface area contributed by atoms with E-state index in [0.29, 0.717) is 0 Å². The minimum Gasteiger partial charge on any atom is -0.317 e. The third-order valence-corrected chi connectivity index (χ3v) is 5.12. The fourth-order valence-corrected chi connectivity index (χ4v) is 4.11. The predicted octanol–water partition coefficient (Wildman–Crippen LogP) is 2.70. The zero-order valence-corrected chi connectivity index (χ0v) is 11.1. The molecule has 2 unspecified atom stereocenters. The Labute approximate surface area is 105 Å². The first-order valence-electron chi connectivity index (χ1n) is 7.47. The Bertz CT molecular complexity index is 283. The lowest BCUT2D eigenvalue weighted by atomic mass is 9.97. The average Bonchev–Trinajstić information content (AvgIpc) is 2.93. The molecule has 2 saturated heterocycles. The number of hydrogen-bond acceptors (Lipinski definition) is 2. The third-order valence-electron chi connectivity index (χ3n) is 5.12. The molecule has 0 spiro atoms. The molecule has 1 N–H and O–H groups in total. The lowest BCUT2D eigenvalue weighted by Crippen LogP contribution is -2.48. The van der Waals surface area contributed by atoms with Crippen molar-refractivity contribution in [2.75, 3.05) is 13.6 Å². The first-order valence-corrected chi connectivity index (χ1v) is 7.47. The molecule has 2 fully saturated rings. The van der Waals surface area contributed by atoms with E-state index in [1.165, 1.54) is 57.9 Å². The van der Waals surface area contributed by atoms with Crippen molar-refractivity contribution < 1.29 is 0 Å². The fraction of sp³-hybridized carbons (Fsp3) is 0.867. The summed E-state index contributed by atoms with van der Waals surface area (Å²) in [4.78, 5) is 2.83. The molecule has 0 saturated carbocycles. The van der Waals surface area contributed by atoms with Gasteiger partial charge in [0.2, 0.25) is 0 Å². The summed E-state index contributed by atoms with van der Waals surface area (Å²) in [6.07, 6.45) is 13.6. The van der Waals surface area contributed by atoms with Gasteiger partial charge in [0.1, 0.15) is 0 Å². The highest BCUT2D eigenvalue weighted by atomic mass is 15.2. The van der Waals surface area contributed by atoms with Crippen LogP contribution in [-0.4, -0.2) is 36.6 Å². The molecule has 2 heteroatoms. The molecule has 3 aliphatic rings. The summed E-state index contributed by atoms with van der Waals surface area (Å²) in [6.45, 7) is 1.33. The van der Waals surface area contributed by atoms with Crippen LogP contribution in [0.1, 0.15) is 51.4 Å². The van der Waals surface area contributed by atoms with E-state index in [-0.39, 0.29) is 0 Å². The second kappa shape index (κ2) is 5.11. The summed E-state index contributed by atoms with van der Waals surface area (Å²) in [5.74, 6) is 0. The number of fused-ring (bicyclic) bond motifs is 2. The molecule has 2 atom stereocenters. The van der Waals surface area contributed by atoms with Crippen LogP contribution in [0.15, 0.2) is 11.6 Å². The van der Waals surface area contributed by atoms with Gasteiger partial charge in [-0.3, -0.25) is 4.90 Å². The van der Waals surface area contributed by atoms with Crippen molar-refractivity contribution >= 4 is 0 Å². The molecule has 2 heterocycles. The van der Waals surface area contributed by atoms with Crippen molar-refractivity contribution in [3.63, 3.8) is 0 Å². The van der Waals surface area contributed by atoms with Crippen molar-refractivity contribution in [2.45, 2.75) is 69.5 Å². The van der Waals surface area contributed by atoms with Gasteiger partial charge in [0.15, 0.2) is 0 Å². The van der Waals surface area contributed by atoms with Gasteiger partial charge < -0.3 is 5.32 Å². The third kappa shape index (κ3) is 2.43. The Balaban J connectivity index is 1.54. The molecular formula is C15H26N2. The van der Waals surface area contributed by atoms with Gasteiger partial charge in [-0.2, -0.15) is 0 Å². The van der Waals surface area contributed by atoms with Gasteiger partial charge in [-0.15, -0.1) is 0 Å². The summed E-state index contributed by atoms with van der Waals surface area (Å²) < 4.78 is 0. The Morgan fingerprint density at radius 1 is 1.29 bits per heavy atom. The quantitative estimate of drug-likeness (QED) is 0.752. The predicted molar refractivity (Wildman–Crippen MR) is 72.1 cm³/mol. The van der Waals surface area contributed by atoms with Crippen molar-refractivity contribution in [1.29, 1.82) is 0 Å². The summed E-state index contributed by atoms with van der Waals surface area (Å²) in [7, 11) is 2.13. The largest absolute Gasteiger partial charge is 0.317 e. The molecular weight excluding hydrogens is 208 g/mol. The Morgan fingerprint density at radius 3 is 2.65 bits per heavy atom. The summed E-state index contributed by atoms with van der Waals surface area (Å²) in [6, 6.07) is 2.55. The van der Waals surface area contributed by atoms with Gasteiger partial charge in [0.05, 0.1) is 0 Å². The highest BCUT2D eigenvalue weighted by Gasteiger charge is 2.39. The maximum atomic E-state index is 3.48. The maximum Gasteiger partial charge on any atom is 0.0114 e. The Morgan fingerprint density at radius 2 is 2.06 bits per heavy atom. The van der Waals surface area contributed by atoms with E-state index in [0.717, 1.165) is 18.1 Å². The zero-order valence-electron chi connectivity index (χ0n) is 11.1. The number of nitrogens with one attached hydrogen (secondary N) is 1. The molecule has 1 aliphatic carbocycles. The molecule has 0 radical (unpaired) electrons. The van der Waals surface area contributed by atoms with Gasteiger partial charge in [-0.05, 0) is 58.4 Å². The molecule has 2 bridgehead atoms. The van der Waals surface area contributed by atoms with E-state index in [1.54, 1.807) is 5.57 Å². The van der Waals surface area contributed by atoms with Crippen LogP contribution in [0, 0.1) is 0 Å². The minimum atomic E-state index is 0.787. The van der Waals surface area contributed by atoms with Gasteiger partial charge in [-0.25, -0.2) is 0 Å². The highest BCUT2D eigenvalue weighted by Crippen LogP contribution is 2.36. The zero-order chi connectivity index (χ0) is 11.7. The molecule has 0 amide bonds. The van der Waals surface area contributed by atoms with E-state index in [1.807, 2.05) is 0 Å². The summed E-state index contributed by atoms with van der Waals surface area (Å²) in [5.41, 5.74) is 1.74. The van der Waals surface area contributed by atoms with E-state index >= 15 is 0 Å². The molecule has 0 aromatic rings. The van der Waals surface area contributed by atoms with E-state index in [9.17, 15) is 0 Å². The monoisotopic (exact) mass is 234 g/mol. The van der Waals surface area contributed by atoms with Gasteiger partial charge >= 0.3 is 0 Å². The number of nitrogens with zero attached hydrogens (tertiary/aromatic N) is 1. The second-order valence-electron chi connectivity index (χ2n) is 6.08. The van der Waals surface area contributed by atoms with Crippen molar-refractivity contribution in [3.8, 4) is 0 Å². The SMILES string of the molecule is CNC1CC2CCC(C1)N2CCC1=CCCC1. The molecule has 3 rings (SSSR count). The smallest absolute Gasteiger partial charge is 0.0114 e. The Hall–Kier alpha value is -0.340. The van der Waals surface area contributed by atoms with Gasteiger partial charge in [0, 0.05) is 24.7 Å². The van der Waals surface area contributed by atoms with E-state index in [4.69, 9.17) is 0 Å². The molecule has 0 aromatic carbocycles. The maximum absolute atomic E-state index is 3.48. The average molecular weight is 234 g/mol. The highest BCUT2D eigenvalue weighted by molar-refractivity contribution is 5.08. The standard InChI is InChI=1S/C15H26N2/c1-16-13-10-14-6-7-15(11-13)17(14)9-8-12-4-2-3-5-12/h4,13-16H,2-3,5-11H2,1H3. The van der Waals surface area contributed by atoms with Gasteiger partial charge in [-0.1, -0.05) is 11.6 Å². The summed E-state index contributed by atoms with van der Waals surface area (Å²) >= 11 is 0. The molecule has 2 aliphatic heterocycles. The topological polar surface area (TPSA) is 15.3 Å². The number of piperidine rings is 1. The lowest BCUT2D eigenvalue weighted by Gasteiger charge is -2.39. The molecule has 17 heavy (non-hydrogen) atoms. The van der Waals surface area contributed by atoms with Crippen LogP contribution >= 0.6 is 0 Å².